The van der Waals surface area contributed by atoms with Crippen molar-refractivity contribution in [2.45, 2.75) is 25.7 Å². The molecule has 14 heavy (non-hydrogen) atoms. The van der Waals surface area contributed by atoms with Gasteiger partial charge in [0, 0.05) is 6.08 Å². The van der Waals surface area contributed by atoms with Gasteiger partial charge in [-0.25, -0.2) is 4.79 Å². The highest BCUT2D eigenvalue weighted by Gasteiger charge is 2.07. The van der Waals surface area contributed by atoms with E-state index in [-0.39, 0.29) is 5.97 Å². The van der Waals surface area contributed by atoms with Crippen molar-refractivity contribution >= 4 is 5.97 Å². The zero-order valence-corrected chi connectivity index (χ0v) is 8.58. The quantitative estimate of drug-likeness (QED) is 0.507. The van der Waals surface area contributed by atoms with E-state index in [1.54, 1.807) is 0 Å². The summed E-state index contributed by atoms with van der Waals surface area (Å²) >= 11 is 0. The van der Waals surface area contributed by atoms with E-state index in [1.807, 2.05) is 12.2 Å². The number of allylic oxidation sites excluding steroid dienone is 4. The molecule has 1 aliphatic rings. The average molecular weight is 192 g/mol. The molecule has 0 bridgehead atoms. The molecular formula is C12H16O2. The first-order chi connectivity index (χ1) is 6.77. The smallest absolute Gasteiger partial charge is 0.330 e. The average Bonchev–Trinajstić information content (AvgIpc) is 2.26. The van der Waals surface area contributed by atoms with Crippen LogP contribution in [0.3, 0.4) is 0 Å². The van der Waals surface area contributed by atoms with Crippen LogP contribution in [0.1, 0.15) is 25.7 Å². The van der Waals surface area contributed by atoms with Gasteiger partial charge in [-0.15, -0.1) is 0 Å². The normalized spacial score (nSPS) is 17.2. The summed E-state index contributed by atoms with van der Waals surface area (Å²) in [5, 5.41) is 0. The summed E-state index contributed by atoms with van der Waals surface area (Å²) in [5.41, 5.74) is 2.48. The maximum absolute atomic E-state index is 10.9. The molecule has 0 saturated heterocycles. The van der Waals surface area contributed by atoms with Crippen LogP contribution in [0.4, 0.5) is 0 Å². The molecule has 1 aliphatic carbocycles. The fourth-order valence-electron chi connectivity index (χ4n) is 1.61. The Morgan fingerprint density at radius 2 is 2.00 bits per heavy atom. The van der Waals surface area contributed by atoms with Crippen molar-refractivity contribution in [1.82, 2.24) is 0 Å². The minimum absolute atomic E-state index is 0.300. The lowest BCUT2D eigenvalue weighted by molar-refractivity contribution is -0.134. The monoisotopic (exact) mass is 192 g/mol. The second-order valence-electron chi connectivity index (χ2n) is 3.32. The van der Waals surface area contributed by atoms with E-state index >= 15 is 0 Å². The summed E-state index contributed by atoms with van der Waals surface area (Å²) in [6, 6.07) is 0. The molecule has 0 aromatic rings. The third-order valence-electron chi connectivity index (χ3n) is 2.42. The Balaban J connectivity index is 2.73. The van der Waals surface area contributed by atoms with E-state index in [0.29, 0.717) is 0 Å². The summed E-state index contributed by atoms with van der Waals surface area (Å²) in [7, 11) is 1.39. The van der Waals surface area contributed by atoms with E-state index in [0.717, 1.165) is 12.8 Å². The molecule has 76 valence electrons. The lowest BCUT2D eigenvalue weighted by Crippen LogP contribution is -1.98. The molecule has 0 atom stereocenters. The van der Waals surface area contributed by atoms with Crippen LogP contribution in [-0.4, -0.2) is 13.1 Å². The largest absolute Gasteiger partial charge is 0.466 e. The first-order valence-electron chi connectivity index (χ1n) is 4.88. The first kappa shape index (κ1) is 10.8. The van der Waals surface area contributed by atoms with Crippen molar-refractivity contribution in [3.63, 3.8) is 0 Å². The fourth-order valence-corrected chi connectivity index (χ4v) is 1.61. The maximum atomic E-state index is 10.9. The van der Waals surface area contributed by atoms with Gasteiger partial charge in [0.1, 0.15) is 0 Å². The van der Waals surface area contributed by atoms with Crippen molar-refractivity contribution in [3.8, 4) is 0 Å². The Morgan fingerprint density at radius 1 is 1.36 bits per heavy atom. The van der Waals surface area contributed by atoms with Crippen LogP contribution in [0, 0.1) is 0 Å². The number of rotatable bonds is 3. The fraction of sp³-hybridized carbons (Fsp3) is 0.417. The molecule has 2 heteroatoms. The summed E-state index contributed by atoms with van der Waals surface area (Å²) in [6.45, 7) is 3.77. The Morgan fingerprint density at radius 3 is 2.57 bits per heavy atom. The first-order valence-corrected chi connectivity index (χ1v) is 4.88. The van der Waals surface area contributed by atoms with Crippen LogP contribution in [0.2, 0.25) is 0 Å². The van der Waals surface area contributed by atoms with Crippen LogP contribution in [0.15, 0.2) is 36.0 Å². The molecule has 0 N–H and O–H groups in total. The number of hydrogen-bond donors (Lipinski definition) is 0. The maximum Gasteiger partial charge on any atom is 0.330 e. The predicted octanol–water partition coefficient (Wildman–Crippen LogP) is 2.77. The molecule has 0 aliphatic heterocycles. The van der Waals surface area contributed by atoms with Gasteiger partial charge in [-0.3, -0.25) is 0 Å². The zero-order valence-electron chi connectivity index (χ0n) is 8.58. The van der Waals surface area contributed by atoms with Gasteiger partial charge in [0.25, 0.3) is 0 Å². The molecule has 1 rings (SSSR count). The second kappa shape index (κ2) is 5.43. The SMILES string of the molecule is C=CC1=C(/C=C/C(=O)OC)CCCC1. The standard InChI is InChI=1S/C12H16O2/c1-3-10-6-4-5-7-11(10)8-9-12(13)14-2/h3,8-9H,1,4-7H2,2H3/b9-8+. The van der Waals surface area contributed by atoms with Crippen LogP contribution in [0.5, 0.6) is 0 Å². The molecule has 0 radical (unpaired) electrons. The number of carbonyl (C=O) groups excluding carboxylic acids is 1. The highest BCUT2D eigenvalue weighted by atomic mass is 16.5. The minimum atomic E-state index is -0.300. The van der Waals surface area contributed by atoms with Crippen molar-refractivity contribution in [3.05, 3.63) is 36.0 Å². The summed E-state index contributed by atoms with van der Waals surface area (Å²) < 4.78 is 4.54. The summed E-state index contributed by atoms with van der Waals surface area (Å²) in [4.78, 5) is 10.9. The molecule has 0 amide bonds. The van der Waals surface area contributed by atoms with E-state index in [4.69, 9.17) is 0 Å². The molecule has 2 nitrogen and oxygen atoms in total. The number of esters is 1. The Labute approximate surface area is 85.0 Å². The number of carbonyl (C=O) groups is 1. The highest BCUT2D eigenvalue weighted by molar-refractivity contribution is 5.82. The van der Waals surface area contributed by atoms with Crippen molar-refractivity contribution in [1.29, 1.82) is 0 Å². The van der Waals surface area contributed by atoms with Crippen LogP contribution in [0.25, 0.3) is 0 Å². The van der Waals surface area contributed by atoms with Crippen LogP contribution < -0.4 is 0 Å². The highest BCUT2D eigenvalue weighted by Crippen LogP contribution is 2.25. The molecule has 0 spiro atoms. The van der Waals surface area contributed by atoms with Gasteiger partial charge in [0.2, 0.25) is 0 Å². The molecule has 0 unspecified atom stereocenters. The molecule has 0 fully saturated rings. The third kappa shape index (κ3) is 2.87. The van der Waals surface area contributed by atoms with Crippen molar-refractivity contribution in [2.75, 3.05) is 7.11 Å². The van der Waals surface area contributed by atoms with Gasteiger partial charge < -0.3 is 4.74 Å². The van der Waals surface area contributed by atoms with Gasteiger partial charge in [0.15, 0.2) is 0 Å². The Hall–Kier alpha value is -1.31. The molecule has 0 saturated carbocycles. The Kier molecular flexibility index (Phi) is 4.17. The molecule has 0 heterocycles. The van der Waals surface area contributed by atoms with E-state index in [1.165, 1.54) is 37.2 Å². The zero-order chi connectivity index (χ0) is 10.4. The number of methoxy groups -OCH3 is 1. The van der Waals surface area contributed by atoms with Gasteiger partial charge in [-0.2, -0.15) is 0 Å². The summed E-state index contributed by atoms with van der Waals surface area (Å²) in [6.07, 6.45) is 9.73. The van der Waals surface area contributed by atoms with Crippen LogP contribution >= 0.6 is 0 Å². The minimum Gasteiger partial charge on any atom is -0.466 e. The van der Waals surface area contributed by atoms with Gasteiger partial charge in [0.05, 0.1) is 7.11 Å². The van der Waals surface area contributed by atoms with E-state index in [9.17, 15) is 4.79 Å². The number of ether oxygens (including phenoxy) is 1. The van der Waals surface area contributed by atoms with Crippen LogP contribution in [-0.2, 0) is 9.53 Å². The van der Waals surface area contributed by atoms with Crippen molar-refractivity contribution in [2.24, 2.45) is 0 Å². The van der Waals surface area contributed by atoms with E-state index in [2.05, 4.69) is 11.3 Å². The summed E-state index contributed by atoms with van der Waals surface area (Å²) in [5.74, 6) is -0.300. The van der Waals surface area contributed by atoms with E-state index < -0.39 is 0 Å². The van der Waals surface area contributed by atoms with Gasteiger partial charge in [-0.1, -0.05) is 18.7 Å². The molecule has 0 aromatic heterocycles. The third-order valence-corrected chi connectivity index (χ3v) is 2.42. The van der Waals surface area contributed by atoms with Crippen molar-refractivity contribution < 1.29 is 9.53 Å². The topological polar surface area (TPSA) is 26.3 Å². The predicted molar refractivity (Wildman–Crippen MR) is 56.8 cm³/mol. The molecular weight excluding hydrogens is 176 g/mol. The molecule has 0 aromatic carbocycles. The lowest BCUT2D eigenvalue weighted by Gasteiger charge is -2.14. The lowest BCUT2D eigenvalue weighted by atomic mass is 9.91. The van der Waals surface area contributed by atoms with Gasteiger partial charge in [-0.05, 0) is 36.8 Å². The number of hydrogen-bond acceptors (Lipinski definition) is 2. The van der Waals surface area contributed by atoms with Gasteiger partial charge >= 0.3 is 5.97 Å². The second-order valence-corrected chi connectivity index (χ2v) is 3.32. The Bertz CT molecular complexity index is 285.